The number of carbonyl (C=O) groups is 1. The highest BCUT2D eigenvalue weighted by atomic mass is 32.2. The predicted molar refractivity (Wildman–Crippen MR) is 141 cm³/mol. The van der Waals surface area contributed by atoms with E-state index in [2.05, 4.69) is 28.7 Å². The highest BCUT2D eigenvalue weighted by Crippen LogP contribution is 2.32. The molecule has 0 unspecified atom stereocenters. The molecule has 1 N–H and O–H groups in total. The number of nitrogens with one attached hydrogen (secondary N) is 1. The first-order valence-corrected chi connectivity index (χ1v) is 13.0. The Labute approximate surface area is 210 Å². The number of hydrazone groups is 1. The van der Waals surface area contributed by atoms with E-state index >= 15 is 0 Å². The summed E-state index contributed by atoms with van der Waals surface area (Å²) in [5.41, 5.74) is 6.40. The van der Waals surface area contributed by atoms with Gasteiger partial charge in [-0.15, -0.1) is 0 Å². The fourth-order valence-corrected chi connectivity index (χ4v) is 5.93. The normalized spacial score (nSPS) is 12.7. The lowest BCUT2D eigenvalue weighted by Crippen LogP contribution is -2.39. The van der Waals surface area contributed by atoms with Crippen molar-refractivity contribution >= 4 is 38.6 Å². The van der Waals surface area contributed by atoms with Crippen molar-refractivity contribution in [2.24, 2.45) is 5.10 Å². The van der Waals surface area contributed by atoms with E-state index < -0.39 is 22.5 Å². The molecular formula is C28H25N3O4S. The van der Waals surface area contributed by atoms with Crippen molar-refractivity contribution in [1.29, 1.82) is 0 Å². The number of ether oxygens (including phenoxy) is 1. The van der Waals surface area contributed by atoms with Crippen molar-refractivity contribution in [3.05, 3.63) is 102 Å². The van der Waals surface area contributed by atoms with Gasteiger partial charge in [0.05, 0.1) is 23.9 Å². The quantitative estimate of drug-likeness (QED) is 0.289. The summed E-state index contributed by atoms with van der Waals surface area (Å²) < 4.78 is 33.1. The number of nitrogens with zero attached hydrogens (tertiary/aromatic N) is 2. The summed E-state index contributed by atoms with van der Waals surface area (Å²) in [4.78, 5) is 12.9. The molecule has 0 aliphatic heterocycles. The maximum absolute atomic E-state index is 13.4. The summed E-state index contributed by atoms with van der Waals surface area (Å²) >= 11 is 0. The molecular weight excluding hydrogens is 474 g/mol. The van der Waals surface area contributed by atoms with Crippen LogP contribution in [0.15, 0.2) is 94.9 Å². The van der Waals surface area contributed by atoms with Crippen LogP contribution in [0.25, 0.3) is 10.8 Å². The van der Waals surface area contributed by atoms with Crippen molar-refractivity contribution < 1.29 is 17.9 Å². The van der Waals surface area contributed by atoms with Crippen LogP contribution in [0.3, 0.4) is 0 Å². The maximum atomic E-state index is 13.4. The molecule has 0 atom stereocenters. The molecule has 0 spiro atoms. The van der Waals surface area contributed by atoms with Crippen LogP contribution in [0.1, 0.15) is 16.7 Å². The number of amides is 1. The van der Waals surface area contributed by atoms with Gasteiger partial charge in [-0.1, -0.05) is 48.5 Å². The molecule has 0 heterocycles. The second kappa shape index (κ2) is 9.83. The van der Waals surface area contributed by atoms with Crippen LogP contribution in [0.2, 0.25) is 0 Å². The molecule has 1 aliphatic rings. The second-order valence-corrected chi connectivity index (χ2v) is 10.3. The van der Waals surface area contributed by atoms with Gasteiger partial charge in [0.1, 0.15) is 12.3 Å². The molecule has 1 amide bonds. The molecule has 7 nitrogen and oxygen atoms in total. The van der Waals surface area contributed by atoms with Crippen molar-refractivity contribution in [3.63, 3.8) is 0 Å². The van der Waals surface area contributed by atoms with Gasteiger partial charge in [-0.2, -0.15) is 5.10 Å². The van der Waals surface area contributed by atoms with Crippen LogP contribution in [-0.2, 0) is 27.7 Å². The molecule has 0 saturated heterocycles. The first-order valence-electron chi connectivity index (χ1n) is 11.5. The lowest BCUT2D eigenvalue weighted by atomic mass is 10.0. The number of para-hydroxylation sites is 1. The molecule has 5 rings (SSSR count). The number of sulfonamides is 1. The molecule has 4 aromatic rings. The van der Waals surface area contributed by atoms with Crippen LogP contribution in [-0.4, -0.2) is 34.2 Å². The number of hydrogen-bond donors (Lipinski definition) is 1. The lowest BCUT2D eigenvalue weighted by Gasteiger charge is -2.23. The van der Waals surface area contributed by atoms with E-state index in [0.29, 0.717) is 11.4 Å². The molecule has 182 valence electrons. The zero-order valence-corrected chi connectivity index (χ0v) is 20.5. The highest BCUT2D eigenvalue weighted by molar-refractivity contribution is 7.92. The van der Waals surface area contributed by atoms with Gasteiger partial charge in [0.25, 0.3) is 15.9 Å². The standard InChI is InChI=1S/C28H25N3O4S/c1-35-24-14-16-25(17-15-24)36(33,34)31(23-7-3-2-4-8-23)19-27(32)30-29-18-22-13-12-21-11-10-20-6-5-9-26(22)28(20)21/h2-9,12-18H,10-11,19H2,1H3,(H,30,32)/b29-18-. The first kappa shape index (κ1) is 23.6. The van der Waals surface area contributed by atoms with E-state index in [0.717, 1.165) is 28.1 Å². The van der Waals surface area contributed by atoms with Crippen LogP contribution in [0.5, 0.6) is 5.75 Å². The third kappa shape index (κ3) is 4.55. The Kier molecular flexibility index (Phi) is 6.43. The monoisotopic (exact) mass is 499 g/mol. The Bertz CT molecular complexity index is 1540. The van der Waals surface area contributed by atoms with Crippen LogP contribution in [0.4, 0.5) is 5.69 Å². The first-order chi connectivity index (χ1) is 17.5. The third-order valence-electron chi connectivity index (χ3n) is 6.28. The smallest absolute Gasteiger partial charge is 0.264 e. The average Bonchev–Trinajstić information content (AvgIpc) is 3.33. The molecule has 36 heavy (non-hydrogen) atoms. The SMILES string of the molecule is COc1ccc(S(=O)(=O)N(CC(=O)N/N=C\c2ccc3c4c(cccc24)CC3)c2ccccc2)cc1. The molecule has 4 aromatic carbocycles. The zero-order chi connectivity index (χ0) is 25.1. The Morgan fingerprint density at radius 2 is 1.67 bits per heavy atom. The minimum Gasteiger partial charge on any atom is -0.497 e. The van der Waals surface area contributed by atoms with Crippen molar-refractivity contribution in [1.82, 2.24) is 5.43 Å². The van der Waals surface area contributed by atoms with E-state index in [1.807, 2.05) is 12.1 Å². The van der Waals surface area contributed by atoms with Crippen LogP contribution in [0, 0.1) is 0 Å². The Hall–Kier alpha value is -4.17. The van der Waals surface area contributed by atoms with E-state index in [1.165, 1.54) is 35.8 Å². The average molecular weight is 500 g/mol. The van der Waals surface area contributed by atoms with E-state index in [1.54, 1.807) is 48.7 Å². The van der Waals surface area contributed by atoms with Gasteiger partial charge in [-0.25, -0.2) is 13.8 Å². The fourth-order valence-electron chi connectivity index (χ4n) is 4.51. The Balaban J connectivity index is 1.37. The minimum absolute atomic E-state index is 0.0522. The molecule has 0 radical (unpaired) electrons. The third-order valence-corrected chi connectivity index (χ3v) is 8.07. The maximum Gasteiger partial charge on any atom is 0.264 e. The van der Waals surface area contributed by atoms with Crippen molar-refractivity contribution in [2.75, 3.05) is 18.0 Å². The molecule has 0 fully saturated rings. The highest BCUT2D eigenvalue weighted by Gasteiger charge is 2.27. The summed E-state index contributed by atoms with van der Waals surface area (Å²) in [6, 6.07) is 24.9. The number of aryl methyl sites for hydroxylation is 2. The van der Waals surface area contributed by atoms with Crippen molar-refractivity contribution in [2.45, 2.75) is 17.7 Å². The number of benzene rings is 4. The second-order valence-electron chi connectivity index (χ2n) is 8.47. The van der Waals surface area contributed by atoms with Crippen LogP contribution >= 0.6 is 0 Å². The van der Waals surface area contributed by atoms with E-state index in [4.69, 9.17) is 4.74 Å². The number of carbonyl (C=O) groups excluding carboxylic acids is 1. The molecule has 1 aliphatic carbocycles. The minimum atomic E-state index is -4.02. The molecule has 0 saturated carbocycles. The topological polar surface area (TPSA) is 88.1 Å². The summed E-state index contributed by atoms with van der Waals surface area (Å²) in [7, 11) is -2.51. The van der Waals surface area contributed by atoms with Gasteiger partial charge in [0.15, 0.2) is 0 Å². The van der Waals surface area contributed by atoms with Gasteiger partial charge in [0, 0.05) is 5.56 Å². The predicted octanol–water partition coefficient (Wildman–Crippen LogP) is 4.29. The van der Waals surface area contributed by atoms with Gasteiger partial charge in [0.2, 0.25) is 0 Å². The number of anilines is 1. The van der Waals surface area contributed by atoms with Crippen LogP contribution < -0.4 is 14.5 Å². The summed E-state index contributed by atoms with van der Waals surface area (Å²) in [6.45, 7) is -0.431. The summed E-state index contributed by atoms with van der Waals surface area (Å²) in [6.07, 6.45) is 3.66. The van der Waals surface area contributed by atoms with E-state index in [9.17, 15) is 13.2 Å². The largest absolute Gasteiger partial charge is 0.497 e. The van der Waals surface area contributed by atoms with E-state index in [-0.39, 0.29) is 4.90 Å². The zero-order valence-electron chi connectivity index (χ0n) is 19.7. The van der Waals surface area contributed by atoms with Gasteiger partial charge in [-0.05, 0) is 71.1 Å². The number of methoxy groups -OCH3 is 1. The molecule has 0 bridgehead atoms. The number of hydrogen-bond acceptors (Lipinski definition) is 5. The van der Waals surface area contributed by atoms with Gasteiger partial charge < -0.3 is 4.74 Å². The Morgan fingerprint density at radius 3 is 2.39 bits per heavy atom. The number of rotatable bonds is 8. The summed E-state index contributed by atoms with van der Waals surface area (Å²) in [5, 5.41) is 6.48. The molecule has 0 aromatic heterocycles. The van der Waals surface area contributed by atoms with Crippen molar-refractivity contribution in [3.8, 4) is 5.75 Å². The lowest BCUT2D eigenvalue weighted by molar-refractivity contribution is -0.119. The Morgan fingerprint density at radius 1 is 0.944 bits per heavy atom. The molecule has 8 heteroatoms. The summed E-state index contributed by atoms with van der Waals surface area (Å²) in [5.74, 6) is -0.0199. The van der Waals surface area contributed by atoms with Gasteiger partial charge in [-0.3, -0.25) is 9.10 Å². The van der Waals surface area contributed by atoms with Gasteiger partial charge >= 0.3 is 0 Å². The fraction of sp³-hybridized carbons (Fsp3) is 0.143.